The lowest BCUT2D eigenvalue weighted by molar-refractivity contribution is -0.121. The van der Waals surface area contributed by atoms with Crippen LogP contribution in [-0.4, -0.2) is 42.6 Å². The van der Waals surface area contributed by atoms with Gasteiger partial charge in [0.1, 0.15) is 5.41 Å². The Labute approximate surface area is 161 Å². The summed E-state index contributed by atoms with van der Waals surface area (Å²) in [5.74, 6) is 0.103. The first-order chi connectivity index (χ1) is 13.5. The molecule has 4 heterocycles. The number of nitrogens with zero attached hydrogens (tertiary/aromatic N) is 5. The Morgan fingerprint density at radius 1 is 1.29 bits per heavy atom. The summed E-state index contributed by atoms with van der Waals surface area (Å²) in [6.45, 7) is 0.465. The molecule has 2 amide bonds. The number of aromatic nitrogens is 4. The van der Waals surface area contributed by atoms with E-state index in [1.54, 1.807) is 39.8 Å². The van der Waals surface area contributed by atoms with Crippen LogP contribution in [0.2, 0.25) is 0 Å². The number of rotatable bonds is 2. The number of fused-ring (bicyclic) bond motifs is 2. The molecule has 0 bridgehead atoms. The Bertz CT molecular complexity index is 1100. The zero-order valence-electron chi connectivity index (χ0n) is 15.7. The van der Waals surface area contributed by atoms with E-state index in [0.717, 1.165) is 16.8 Å². The fraction of sp³-hybridized carbons (Fsp3) is 0.300. The third-order valence-corrected chi connectivity index (χ3v) is 5.90. The Balaban J connectivity index is 1.68. The van der Waals surface area contributed by atoms with E-state index >= 15 is 0 Å². The third-order valence-electron chi connectivity index (χ3n) is 5.90. The number of hydrogen-bond acceptors (Lipinski definition) is 4. The lowest BCUT2D eigenvalue weighted by atomic mass is 9.73. The van der Waals surface area contributed by atoms with Crippen LogP contribution in [0.1, 0.15) is 34.2 Å². The van der Waals surface area contributed by atoms with Crippen LogP contribution in [0, 0.1) is 0 Å². The molecule has 0 saturated carbocycles. The highest BCUT2D eigenvalue weighted by Crippen LogP contribution is 2.54. The number of aryl methyl sites for hydroxylation is 2. The Morgan fingerprint density at radius 2 is 2.11 bits per heavy atom. The largest absolute Gasteiger partial charge is 0.330 e. The molecule has 8 nitrogen and oxygen atoms in total. The number of benzene rings is 1. The van der Waals surface area contributed by atoms with E-state index in [1.165, 1.54) is 0 Å². The van der Waals surface area contributed by atoms with Crippen molar-refractivity contribution in [2.24, 2.45) is 14.1 Å². The lowest BCUT2D eigenvalue weighted by Gasteiger charge is -2.33. The van der Waals surface area contributed by atoms with Crippen LogP contribution in [0.5, 0.6) is 0 Å². The standard InChI is InChI=1S/C20H20N6O2/c1-24-10-8-21-17(24)18(27)26-9-7-20(16(26)13-11-22-25(2)12-13)14-5-3-4-6-15(14)23-19(20)28/h3-6,8,10-12,16H,7,9H2,1-2H3,(H,23,28). The van der Waals surface area contributed by atoms with Crippen molar-refractivity contribution in [2.45, 2.75) is 17.9 Å². The SMILES string of the molecule is Cn1cc(C2N(C(=O)c3nccn3C)CCC23C(=O)Nc2ccccc23)cn1. The van der Waals surface area contributed by atoms with E-state index in [-0.39, 0.29) is 11.8 Å². The van der Waals surface area contributed by atoms with Crippen molar-refractivity contribution in [3.63, 3.8) is 0 Å². The molecule has 2 aliphatic rings. The third kappa shape index (κ3) is 2.11. The van der Waals surface area contributed by atoms with Crippen molar-refractivity contribution in [3.05, 3.63) is 66.0 Å². The molecule has 3 aromatic rings. The maximum atomic E-state index is 13.4. The van der Waals surface area contributed by atoms with Gasteiger partial charge in [-0.1, -0.05) is 18.2 Å². The van der Waals surface area contributed by atoms with Crippen LogP contribution >= 0.6 is 0 Å². The number of carbonyl (C=O) groups excluding carboxylic acids is 2. The van der Waals surface area contributed by atoms with Crippen molar-refractivity contribution in [2.75, 3.05) is 11.9 Å². The van der Waals surface area contributed by atoms with E-state index in [4.69, 9.17) is 0 Å². The smallest absolute Gasteiger partial charge is 0.290 e. The average molecular weight is 376 g/mol. The summed E-state index contributed by atoms with van der Waals surface area (Å²) >= 11 is 0. The van der Waals surface area contributed by atoms with Gasteiger partial charge in [0.05, 0.1) is 12.2 Å². The molecule has 8 heteroatoms. The Hall–Kier alpha value is -3.42. The van der Waals surface area contributed by atoms with E-state index in [0.29, 0.717) is 18.8 Å². The zero-order chi connectivity index (χ0) is 19.5. The second kappa shape index (κ2) is 5.79. The number of nitrogens with one attached hydrogen (secondary N) is 1. The molecule has 2 unspecified atom stereocenters. The van der Waals surface area contributed by atoms with Gasteiger partial charge in [0.2, 0.25) is 5.91 Å². The van der Waals surface area contributed by atoms with Crippen LogP contribution in [0.15, 0.2) is 49.1 Å². The van der Waals surface area contributed by atoms with Gasteiger partial charge in [-0.15, -0.1) is 0 Å². The molecule has 142 valence electrons. The van der Waals surface area contributed by atoms with Crippen LogP contribution in [0.25, 0.3) is 0 Å². The van der Waals surface area contributed by atoms with E-state index < -0.39 is 11.5 Å². The first kappa shape index (κ1) is 16.7. The molecule has 2 aromatic heterocycles. The molecule has 1 aromatic carbocycles. The summed E-state index contributed by atoms with van der Waals surface area (Å²) in [6, 6.07) is 7.28. The summed E-state index contributed by atoms with van der Waals surface area (Å²) in [5.41, 5.74) is 1.76. The molecule has 1 fully saturated rings. The van der Waals surface area contributed by atoms with Gasteiger partial charge in [-0.25, -0.2) is 4.98 Å². The quantitative estimate of drug-likeness (QED) is 0.737. The van der Waals surface area contributed by atoms with Crippen molar-refractivity contribution < 1.29 is 9.59 Å². The Morgan fingerprint density at radius 3 is 2.82 bits per heavy atom. The summed E-state index contributed by atoms with van der Waals surface area (Å²) in [4.78, 5) is 32.6. The number of para-hydroxylation sites is 1. The summed E-state index contributed by atoms with van der Waals surface area (Å²) in [5, 5.41) is 7.31. The van der Waals surface area contributed by atoms with Crippen LogP contribution < -0.4 is 5.32 Å². The number of carbonyl (C=O) groups is 2. The molecule has 1 spiro atoms. The molecule has 1 N–H and O–H groups in total. The molecule has 28 heavy (non-hydrogen) atoms. The van der Waals surface area contributed by atoms with Crippen LogP contribution in [0.3, 0.4) is 0 Å². The average Bonchev–Trinajstić information content (AvgIpc) is 3.43. The monoisotopic (exact) mass is 376 g/mol. The van der Waals surface area contributed by atoms with Crippen molar-refractivity contribution in [1.29, 1.82) is 0 Å². The molecule has 2 aliphatic heterocycles. The Kier molecular flexibility index (Phi) is 3.46. The topological polar surface area (TPSA) is 85.0 Å². The number of anilines is 1. The lowest BCUT2D eigenvalue weighted by Crippen LogP contribution is -2.43. The second-order valence-corrected chi connectivity index (χ2v) is 7.43. The summed E-state index contributed by atoms with van der Waals surface area (Å²) in [7, 11) is 3.63. The van der Waals surface area contributed by atoms with Gasteiger partial charge in [-0.2, -0.15) is 5.10 Å². The minimum atomic E-state index is -0.833. The fourth-order valence-corrected chi connectivity index (χ4v) is 4.65. The van der Waals surface area contributed by atoms with Gasteiger partial charge < -0.3 is 14.8 Å². The predicted molar refractivity (Wildman–Crippen MR) is 102 cm³/mol. The highest BCUT2D eigenvalue weighted by molar-refractivity contribution is 6.08. The molecular weight excluding hydrogens is 356 g/mol. The van der Waals surface area contributed by atoms with Gasteiger partial charge in [-0.05, 0) is 18.1 Å². The zero-order valence-corrected chi connectivity index (χ0v) is 15.7. The van der Waals surface area contributed by atoms with E-state index in [1.807, 2.05) is 37.5 Å². The van der Waals surface area contributed by atoms with Crippen molar-refractivity contribution >= 4 is 17.5 Å². The number of imidazole rings is 1. The van der Waals surface area contributed by atoms with E-state index in [9.17, 15) is 9.59 Å². The van der Waals surface area contributed by atoms with E-state index in [2.05, 4.69) is 15.4 Å². The molecule has 1 saturated heterocycles. The van der Waals surface area contributed by atoms with Gasteiger partial charge >= 0.3 is 0 Å². The first-order valence-electron chi connectivity index (χ1n) is 9.20. The minimum Gasteiger partial charge on any atom is -0.330 e. The second-order valence-electron chi connectivity index (χ2n) is 7.43. The number of amides is 2. The fourth-order valence-electron chi connectivity index (χ4n) is 4.65. The molecular formula is C20H20N6O2. The number of hydrogen-bond donors (Lipinski definition) is 1. The van der Waals surface area contributed by atoms with Crippen LogP contribution in [0.4, 0.5) is 5.69 Å². The summed E-state index contributed by atoms with van der Waals surface area (Å²) in [6.07, 6.45) is 7.52. The minimum absolute atomic E-state index is 0.0716. The highest BCUT2D eigenvalue weighted by atomic mass is 16.2. The van der Waals surface area contributed by atoms with Crippen molar-refractivity contribution in [3.8, 4) is 0 Å². The maximum Gasteiger partial charge on any atom is 0.290 e. The van der Waals surface area contributed by atoms with Gasteiger partial charge in [0.15, 0.2) is 5.82 Å². The van der Waals surface area contributed by atoms with Crippen molar-refractivity contribution in [1.82, 2.24) is 24.2 Å². The highest BCUT2D eigenvalue weighted by Gasteiger charge is 2.59. The normalized spacial score (nSPS) is 23.3. The first-order valence-corrected chi connectivity index (χ1v) is 9.20. The molecule has 5 rings (SSSR count). The number of likely N-dealkylation sites (tertiary alicyclic amines) is 1. The van der Waals surface area contributed by atoms with Gasteiger partial charge in [-0.3, -0.25) is 14.3 Å². The predicted octanol–water partition coefficient (Wildman–Crippen LogP) is 1.63. The molecule has 0 aliphatic carbocycles. The van der Waals surface area contributed by atoms with Gasteiger partial charge in [0.25, 0.3) is 5.91 Å². The van der Waals surface area contributed by atoms with Crippen LogP contribution in [-0.2, 0) is 24.3 Å². The van der Waals surface area contributed by atoms with Gasteiger partial charge in [0, 0.05) is 50.5 Å². The maximum absolute atomic E-state index is 13.4. The summed E-state index contributed by atoms with van der Waals surface area (Å²) < 4.78 is 3.40. The molecule has 2 atom stereocenters. The molecule has 0 radical (unpaired) electrons.